The van der Waals surface area contributed by atoms with Gasteiger partial charge >= 0.3 is 5.97 Å². The molecule has 0 saturated heterocycles. The molecule has 0 saturated carbocycles. The van der Waals surface area contributed by atoms with Crippen LogP contribution in [0, 0.1) is 17.5 Å². The van der Waals surface area contributed by atoms with Crippen LogP contribution in [0.25, 0.3) is 5.69 Å². The highest BCUT2D eigenvalue weighted by molar-refractivity contribution is 7.99. The van der Waals surface area contributed by atoms with Gasteiger partial charge in [-0.05, 0) is 6.42 Å². The van der Waals surface area contributed by atoms with E-state index in [0.29, 0.717) is 24.2 Å². The van der Waals surface area contributed by atoms with Gasteiger partial charge in [0.1, 0.15) is 11.5 Å². The lowest BCUT2D eigenvalue weighted by atomic mass is 10.2. The summed E-state index contributed by atoms with van der Waals surface area (Å²) in [5.41, 5.74) is 0.0333. The Balaban J connectivity index is 2.56. The molecule has 0 aliphatic carbocycles. The molecule has 0 aliphatic heterocycles. The van der Waals surface area contributed by atoms with Crippen LogP contribution in [0.5, 0.6) is 0 Å². The first-order chi connectivity index (χ1) is 9.93. The third kappa shape index (κ3) is 3.21. The Morgan fingerprint density at radius 3 is 2.48 bits per heavy atom. The number of aliphatic carboxylic acids is 1. The number of hydrogen-bond acceptors (Lipinski definition) is 3. The fourth-order valence-corrected chi connectivity index (χ4v) is 2.55. The molecule has 112 valence electrons. The molecule has 1 aromatic carbocycles. The average molecular weight is 316 g/mol. The topological polar surface area (TPSA) is 55.1 Å². The molecular weight excluding hydrogens is 305 g/mol. The number of aromatic nitrogens is 2. The Kier molecular flexibility index (Phi) is 4.56. The Hall–Kier alpha value is -1.96. The molecule has 21 heavy (non-hydrogen) atoms. The number of halogens is 3. The molecule has 1 heterocycles. The van der Waals surface area contributed by atoms with Crippen molar-refractivity contribution in [3.8, 4) is 5.69 Å². The third-order valence-corrected chi connectivity index (χ3v) is 3.63. The van der Waals surface area contributed by atoms with Crippen molar-refractivity contribution in [2.45, 2.75) is 18.5 Å². The van der Waals surface area contributed by atoms with Gasteiger partial charge in [-0.15, -0.1) is 0 Å². The standard InChI is InChI=1S/C13H11F3N2O2S/c1-2-8-5-17-13(21-6-11(19)20)18(8)12-9(15)3-7(14)4-10(12)16/h3-5H,2,6H2,1H3,(H,19,20). The monoisotopic (exact) mass is 316 g/mol. The molecule has 8 heteroatoms. The molecule has 0 spiro atoms. The van der Waals surface area contributed by atoms with Crippen molar-refractivity contribution in [2.75, 3.05) is 5.75 Å². The number of carboxylic acid groups (broad SMARTS) is 1. The molecule has 0 atom stereocenters. The van der Waals surface area contributed by atoms with E-state index < -0.39 is 29.1 Å². The second-order valence-electron chi connectivity index (χ2n) is 4.12. The summed E-state index contributed by atoms with van der Waals surface area (Å²) in [7, 11) is 0. The smallest absolute Gasteiger partial charge is 0.313 e. The molecule has 0 amide bonds. The van der Waals surface area contributed by atoms with Gasteiger partial charge in [0.25, 0.3) is 0 Å². The molecule has 0 aliphatic rings. The fourth-order valence-electron chi connectivity index (χ4n) is 1.83. The normalized spacial score (nSPS) is 10.9. The Bertz CT molecular complexity index is 665. The lowest BCUT2D eigenvalue weighted by Gasteiger charge is -2.12. The van der Waals surface area contributed by atoms with Crippen molar-refractivity contribution in [1.82, 2.24) is 9.55 Å². The molecule has 4 nitrogen and oxygen atoms in total. The van der Waals surface area contributed by atoms with E-state index in [2.05, 4.69) is 4.98 Å². The van der Waals surface area contributed by atoms with Gasteiger partial charge in [0.2, 0.25) is 0 Å². The maximum atomic E-state index is 13.9. The fraction of sp³-hybridized carbons (Fsp3) is 0.231. The largest absolute Gasteiger partial charge is 0.481 e. The summed E-state index contributed by atoms with van der Waals surface area (Å²) in [5.74, 6) is -4.54. The van der Waals surface area contributed by atoms with Gasteiger partial charge in [0.15, 0.2) is 16.8 Å². The van der Waals surface area contributed by atoms with Gasteiger partial charge in [0, 0.05) is 24.0 Å². The molecule has 0 radical (unpaired) electrons. The third-order valence-electron chi connectivity index (χ3n) is 2.69. The minimum Gasteiger partial charge on any atom is -0.481 e. The van der Waals surface area contributed by atoms with Crippen LogP contribution in [0.4, 0.5) is 13.2 Å². The maximum absolute atomic E-state index is 13.9. The highest BCUT2D eigenvalue weighted by Gasteiger charge is 2.20. The lowest BCUT2D eigenvalue weighted by Crippen LogP contribution is -2.08. The first-order valence-electron chi connectivity index (χ1n) is 6.00. The van der Waals surface area contributed by atoms with E-state index in [0.717, 1.165) is 11.8 Å². The summed E-state index contributed by atoms with van der Waals surface area (Å²) < 4.78 is 42.0. The van der Waals surface area contributed by atoms with E-state index in [4.69, 9.17) is 5.11 Å². The van der Waals surface area contributed by atoms with Crippen molar-refractivity contribution in [3.05, 3.63) is 41.5 Å². The quantitative estimate of drug-likeness (QED) is 0.862. The van der Waals surface area contributed by atoms with Crippen molar-refractivity contribution in [1.29, 1.82) is 0 Å². The number of carbonyl (C=O) groups is 1. The molecule has 2 aromatic rings. The predicted molar refractivity (Wildman–Crippen MR) is 71.2 cm³/mol. The van der Waals surface area contributed by atoms with Crippen LogP contribution < -0.4 is 0 Å². The van der Waals surface area contributed by atoms with Crippen molar-refractivity contribution in [2.24, 2.45) is 0 Å². The van der Waals surface area contributed by atoms with E-state index in [1.807, 2.05) is 0 Å². The second-order valence-corrected chi connectivity index (χ2v) is 5.06. The van der Waals surface area contributed by atoms with Gasteiger partial charge in [-0.1, -0.05) is 18.7 Å². The maximum Gasteiger partial charge on any atom is 0.313 e. The van der Waals surface area contributed by atoms with Crippen molar-refractivity contribution in [3.63, 3.8) is 0 Å². The number of rotatable bonds is 5. The van der Waals surface area contributed by atoms with E-state index in [1.165, 1.54) is 10.8 Å². The first kappa shape index (κ1) is 15.4. The zero-order valence-electron chi connectivity index (χ0n) is 10.9. The molecule has 1 N–H and O–H groups in total. The molecule has 2 rings (SSSR count). The Morgan fingerprint density at radius 2 is 1.95 bits per heavy atom. The van der Waals surface area contributed by atoms with Crippen LogP contribution in [0.15, 0.2) is 23.5 Å². The Morgan fingerprint density at radius 1 is 1.33 bits per heavy atom. The van der Waals surface area contributed by atoms with Gasteiger partial charge < -0.3 is 5.11 Å². The van der Waals surface area contributed by atoms with Crippen LogP contribution in [0.3, 0.4) is 0 Å². The summed E-state index contributed by atoms with van der Waals surface area (Å²) in [6, 6.07) is 1.15. The van der Waals surface area contributed by atoms with Gasteiger partial charge in [-0.25, -0.2) is 18.2 Å². The molecule has 1 aromatic heterocycles. The zero-order chi connectivity index (χ0) is 15.6. The van der Waals surface area contributed by atoms with Crippen LogP contribution in [-0.2, 0) is 11.2 Å². The highest BCUT2D eigenvalue weighted by atomic mass is 32.2. The van der Waals surface area contributed by atoms with Crippen molar-refractivity contribution < 1.29 is 23.1 Å². The minimum atomic E-state index is -1.08. The number of hydrogen-bond donors (Lipinski definition) is 1. The van der Waals surface area contributed by atoms with E-state index >= 15 is 0 Å². The number of benzene rings is 1. The molecule has 0 unspecified atom stereocenters. The minimum absolute atomic E-state index is 0.138. The number of carboxylic acids is 1. The summed E-state index contributed by atoms with van der Waals surface area (Å²) in [6.07, 6.45) is 1.84. The van der Waals surface area contributed by atoms with Gasteiger partial charge in [0.05, 0.1) is 5.75 Å². The number of imidazole rings is 1. The molecule has 0 bridgehead atoms. The van der Waals surface area contributed by atoms with E-state index in [-0.39, 0.29) is 10.9 Å². The SMILES string of the molecule is CCc1cnc(SCC(=O)O)n1-c1c(F)cc(F)cc1F. The van der Waals surface area contributed by atoms with Crippen LogP contribution >= 0.6 is 11.8 Å². The number of thioether (sulfide) groups is 1. The lowest BCUT2D eigenvalue weighted by molar-refractivity contribution is -0.133. The summed E-state index contributed by atoms with van der Waals surface area (Å²) >= 11 is 0.833. The second kappa shape index (κ2) is 6.21. The van der Waals surface area contributed by atoms with Crippen LogP contribution in [0.1, 0.15) is 12.6 Å². The average Bonchev–Trinajstić information content (AvgIpc) is 2.78. The van der Waals surface area contributed by atoms with Crippen LogP contribution in [-0.4, -0.2) is 26.4 Å². The highest BCUT2D eigenvalue weighted by Crippen LogP contribution is 2.28. The zero-order valence-corrected chi connectivity index (χ0v) is 11.8. The van der Waals surface area contributed by atoms with E-state index in [1.54, 1.807) is 6.92 Å². The van der Waals surface area contributed by atoms with Crippen molar-refractivity contribution >= 4 is 17.7 Å². The Labute approximate surface area is 122 Å². The number of aryl methyl sites for hydroxylation is 1. The van der Waals surface area contributed by atoms with Gasteiger partial charge in [-0.2, -0.15) is 0 Å². The van der Waals surface area contributed by atoms with Crippen LogP contribution in [0.2, 0.25) is 0 Å². The summed E-state index contributed by atoms with van der Waals surface area (Å²) in [4.78, 5) is 14.6. The van der Waals surface area contributed by atoms with E-state index in [9.17, 15) is 18.0 Å². The summed E-state index contributed by atoms with van der Waals surface area (Å²) in [6.45, 7) is 1.76. The molecular formula is C13H11F3N2O2S. The number of nitrogens with zero attached hydrogens (tertiary/aromatic N) is 2. The molecule has 0 fully saturated rings. The summed E-state index contributed by atoms with van der Waals surface area (Å²) in [5, 5.41) is 8.83. The van der Waals surface area contributed by atoms with Gasteiger partial charge in [-0.3, -0.25) is 9.36 Å². The predicted octanol–water partition coefficient (Wildman–Crippen LogP) is 3.03. The first-order valence-corrected chi connectivity index (χ1v) is 6.98.